The second kappa shape index (κ2) is 9.17. The number of rotatable bonds is 7. The minimum atomic E-state index is -0.0862. The van der Waals surface area contributed by atoms with E-state index in [4.69, 9.17) is 11.6 Å². The lowest BCUT2D eigenvalue weighted by Gasteiger charge is -2.20. The summed E-state index contributed by atoms with van der Waals surface area (Å²) in [6, 6.07) is 14.8. The number of hydrogen-bond donors (Lipinski definition) is 1. The summed E-state index contributed by atoms with van der Waals surface area (Å²) in [4.78, 5) is 28.3. The van der Waals surface area contributed by atoms with Gasteiger partial charge in [-0.2, -0.15) is 0 Å². The Labute approximate surface area is 171 Å². The molecule has 4 nitrogen and oxygen atoms in total. The van der Waals surface area contributed by atoms with E-state index in [0.29, 0.717) is 30.1 Å². The molecule has 0 unspecified atom stereocenters. The molecule has 0 saturated heterocycles. The van der Waals surface area contributed by atoms with Crippen molar-refractivity contribution in [1.82, 2.24) is 10.2 Å². The van der Waals surface area contributed by atoms with E-state index in [0.717, 1.165) is 14.8 Å². The van der Waals surface area contributed by atoms with Crippen LogP contribution in [0.2, 0.25) is 4.34 Å². The number of nitrogens with zero attached hydrogens (tertiary/aromatic N) is 1. The topological polar surface area (TPSA) is 49.4 Å². The summed E-state index contributed by atoms with van der Waals surface area (Å²) >= 11 is 8.87. The Hall–Kier alpha value is -2.15. The lowest BCUT2D eigenvalue weighted by atomic mass is 10.1. The van der Waals surface area contributed by atoms with Gasteiger partial charge in [0.15, 0.2) is 0 Å². The summed E-state index contributed by atoms with van der Waals surface area (Å²) in [7, 11) is 0. The maximum atomic E-state index is 12.7. The highest BCUT2D eigenvalue weighted by Gasteiger charge is 2.15. The molecule has 0 aliphatic rings. The molecule has 2 amide bonds. The molecule has 7 heteroatoms. The van der Waals surface area contributed by atoms with E-state index in [9.17, 15) is 9.59 Å². The van der Waals surface area contributed by atoms with Crippen molar-refractivity contribution in [3.8, 4) is 0 Å². The van der Waals surface area contributed by atoms with Gasteiger partial charge in [0.25, 0.3) is 11.8 Å². The van der Waals surface area contributed by atoms with Gasteiger partial charge >= 0.3 is 0 Å². The van der Waals surface area contributed by atoms with Gasteiger partial charge in [-0.1, -0.05) is 29.8 Å². The summed E-state index contributed by atoms with van der Waals surface area (Å²) in [6.07, 6.45) is 0. The third kappa shape index (κ3) is 5.19. The van der Waals surface area contributed by atoms with Gasteiger partial charge in [0.2, 0.25) is 0 Å². The van der Waals surface area contributed by atoms with E-state index in [1.165, 1.54) is 22.7 Å². The Morgan fingerprint density at radius 1 is 1.11 bits per heavy atom. The summed E-state index contributed by atoms with van der Waals surface area (Å²) in [5.41, 5.74) is 1.58. The molecule has 3 aromatic rings. The first-order valence-corrected chi connectivity index (χ1v) is 10.6. The molecule has 0 aliphatic carbocycles. The van der Waals surface area contributed by atoms with Crippen LogP contribution in [-0.2, 0) is 13.1 Å². The lowest BCUT2D eigenvalue weighted by molar-refractivity contribution is 0.0754. The molecule has 1 N–H and O–H groups in total. The molecule has 0 radical (unpaired) electrons. The lowest BCUT2D eigenvalue weighted by Crippen LogP contribution is -2.30. The minimum absolute atomic E-state index is 0.0174. The predicted octanol–water partition coefficient (Wildman–Crippen LogP) is 5.06. The molecule has 0 aliphatic heterocycles. The first-order valence-electron chi connectivity index (χ1n) is 8.51. The minimum Gasteiger partial charge on any atom is -0.347 e. The summed E-state index contributed by atoms with van der Waals surface area (Å²) in [5, 5.41) is 4.76. The summed E-state index contributed by atoms with van der Waals surface area (Å²) < 4.78 is 0.724. The van der Waals surface area contributed by atoms with Crippen molar-refractivity contribution in [3.63, 3.8) is 0 Å². The Morgan fingerprint density at radius 2 is 1.89 bits per heavy atom. The maximum Gasteiger partial charge on any atom is 0.261 e. The molecule has 0 atom stereocenters. The molecule has 3 rings (SSSR count). The van der Waals surface area contributed by atoms with E-state index in [1.807, 2.05) is 42.6 Å². The highest BCUT2D eigenvalue weighted by Crippen LogP contribution is 2.23. The van der Waals surface area contributed by atoms with Gasteiger partial charge in [-0.3, -0.25) is 9.59 Å². The Kier molecular flexibility index (Phi) is 6.66. The van der Waals surface area contributed by atoms with Gasteiger partial charge in [0.1, 0.15) is 0 Å². The van der Waals surface area contributed by atoms with Crippen molar-refractivity contribution in [3.05, 3.63) is 79.1 Å². The third-order valence-electron chi connectivity index (χ3n) is 4.04. The number of carbonyl (C=O) groups is 2. The molecule has 0 bridgehead atoms. The van der Waals surface area contributed by atoms with Crippen LogP contribution in [0.15, 0.2) is 53.9 Å². The van der Waals surface area contributed by atoms with Crippen molar-refractivity contribution in [1.29, 1.82) is 0 Å². The van der Waals surface area contributed by atoms with E-state index in [1.54, 1.807) is 23.1 Å². The number of nitrogens with one attached hydrogen (secondary N) is 1. The van der Waals surface area contributed by atoms with Crippen molar-refractivity contribution < 1.29 is 9.59 Å². The van der Waals surface area contributed by atoms with Crippen LogP contribution < -0.4 is 5.32 Å². The quantitative estimate of drug-likeness (QED) is 0.583. The zero-order chi connectivity index (χ0) is 19.2. The van der Waals surface area contributed by atoms with Crippen molar-refractivity contribution in [2.75, 3.05) is 6.54 Å². The highest BCUT2D eigenvalue weighted by molar-refractivity contribution is 7.16. The van der Waals surface area contributed by atoms with Crippen LogP contribution in [-0.4, -0.2) is 23.3 Å². The monoisotopic (exact) mass is 418 g/mol. The fourth-order valence-corrected chi connectivity index (χ4v) is 4.32. The number of thiophene rings is 2. The Morgan fingerprint density at radius 3 is 2.48 bits per heavy atom. The maximum absolute atomic E-state index is 12.7. The Bertz CT molecular complexity index is 904. The fraction of sp³-hybridized carbons (Fsp3) is 0.200. The molecule has 27 heavy (non-hydrogen) atoms. The molecule has 1 aromatic carbocycles. The van der Waals surface area contributed by atoms with Crippen LogP contribution in [0.4, 0.5) is 0 Å². The van der Waals surface area contributed by atoms with Crippen molar-refractivity contribution >= 4 is 46.1 Å². The van der Waals surface area contributed by atoms with Gasteiger partial charge in [-0.05, 0) is 48.2 Å². The van der Waals surface area contributed by atoms with E-state index >= 15 is 0 Å². The smallest absolute Gasteiger partial charge is 0.261 e. The number of amides is 2. The molecule has 0 spiro atoms. The first-order chi connectivity index (χ1) is 13.1. The van der Waals surface area contributed by atoms with Gasteiger partial charge in [-0.15, -0.1) is 22.7 Å². The van der Waals surface area contributed by atoms with Crippen LogP contribution in [0.25, 0.3) is 0 Å². The Balaban J connectivity index is 1.59. The van der Waals surface area contributed by atoms with Gasteiger partial charge < -0.3 is 10.2 Å². The fourth-order valence-electron chi connectivity index (χ4n) is 2.58. The standard InChI is InChI=1S/C20H19ClN2O2S2/c1-2-23(13-16-9-10-18(21)27-16)20(25)15-7-5-14(6-8-15)12-22-19(24)17-4-3-11-26-17/h3-11H,2,12-13H2,1H3,(H,22,24). The van der Waals surface area contributed by atoms with Crippen LogP contribution >= 0.6 is 34.3 Å². The number of benzene rings is 1. The molecule has 2 aromatic heterocycles. The largest absolute Gasteiger partial charge is 0.347 e. The second-order valence-electron chi connectivity index (χ2n) is 5.88. The molecular formula is C20H19ClN2O2S2. The van der Waals surface area contributed by atoms with Crippen LogP contribution in [0, 0.1) is 0 Å². The number of halogens is 1. The van der Waals surface area contributed by atoms with Gasteiger partial charge in [0.05, 0.1) is 15.8 Å². The molecule has 2 heterocycles. The predicted molar refractivity (Wildman–Crippen MR) is 112 cm³/mol. The van der Waals surface area contributed by atoms with E-state index in [2.05, 4.69) is 5.32 Å². The number of hydrogen-bond acceptors (Lipinski definition) is 4. The molecule has 140 valence electrons. The molecular weight excluding hydrogens is 400 g/mol. The van der Waals surface area contributed by atoms with E-state index in [-0.39, 0.29) is 11.8 Å². The average molecular weight is 419 g/mol. The second-order valence-corrected chi connectivity index (χ2v) is 8.63. The van der Waals surface area contributed by atoms with Crippen LogP contribution in [0.5, 0.6) is 0 Å². The van der Waals surface area contributed by atoms with E-state index < -0.39 is 0 Å². The molecule has 0 saturated carbocycles. The summed E-state index contributed by atoms with van der Waals surface area (Å²) in [6.45, 7) is 3.55. The number of carbonyl (C=O) groups excluding carboxylic acids is 2. The summed E-state index contributed by atoms with van der Waals surface area (Å²) in [5.74, 6) is -0.104. The highest BCUT2D eigenvalue weighted by atomic mass is 35.5. The zero-order valence-electron chi connectivity index (χ0n) is 14.8. The van der Waals surface area contributed by atoms with Crippen LogP contribution in [0.1, 0.15) is 37.4 Å². The third-order valence-corrected chi connectivity index (χ3v) is 6.13. The normalized spacial score (nSPS) is 10.6. The average Bonchev–Trinajstić information content (AvgIpc) is 3.36. The van der Waals surface area contributed by atoms with Crippen LogP contribution in [0.3, 0.4) is 0 Å². The first kappa shape index (κ1) is 19.6. The van der Waals surface area contributed by atoms with Gasteiger partial charge in [-0.25, -0.2) is 0 Å². The SMILES string of the molecule is CCN(Cc1ccc(Cl)s1)C(=O)c1ccc(CNC(=O)c2cccs2)cc1. The van der Waals surface area contributed by atoms with Crippen molar-refractivity contribution in [2.24, 2.45) is 0 Å². The molecule has 0 fully saturated rings. The van der Waals surface area contributed by atoms with Gasteiger partial charge in [0, 0.05) is 23.5 Å². The van der Waals surface area contributed by atoms with Crippen molar-refractivity contribution in [2.45, 2.75) is 20.0 Å². The zero-order valence-corrected chi connectivity index (χ0v) is 17.2.